The molecule has 0 atom stereocenters. The highest BCUT2D eigenvalue weighted by atomic mass is 15.3. The Hall–Kier alpha value is -2.30. The normalized spacial score (nSPS) is 10.9. The number of hydrogen-bond donors (Lipinski definition) is 0. The highest BCUT2D eigenvalue weighted by molar-refractivity contribution is 5.89. The number of para-hydroxylation sites is 1. The van der Waals surface area contributed by atoms with Crippen LogP contribution in [-0.2, 0) is 6.54 Å². The quantitative estimate of drug-likeness (QED) is 0.668. The van der Waals surface area contributed by atoms with Gasteiger partial charge in [-0.1, -0.05) is 6.07 Å². The monoisotopic (exact) mass is 225 g/mol. The van der Waals surface area contributed by atoms with Gasteiger partial charge in [-0.3, -0.25) is 9.97 Å². The summed E-state index contributed by atoms with van der Waals surface area (Å²) < 4.78 is 1.99. The lowest BCUT2D eigenvalue weighted by Gasteiger charge is -2.05. The summed E-state index contributed by atoms with van der Waals surface area (Å²) in [4.78, 5) is 8.66. The van der Waals surface area contributed by atoms with Crippen molar-refractivity contribution in [1.29, 1.82) is 0 Å². The summed E-state index contributed by atoms with van der Waals surface area (Å²) in [7, 11) is 0. The van der Waals surface area contributed by atoms with Crippen LogP contribution in [0.2, 0.25) is 0 Å². The van der Waals surface area contributed by atoms with Gasteiger partial charge in [0, 0.05) is 24.5 Å². The molecule has 17 heavy (non-hydrogen) atoms. The molecule has 0 unspecified atom stereocenters. The minimum absolute atomic E-state index is 0.832. The van der Waals surface area contributed by atoms with E-state index in [-0.39, 0.29) is 0 Å². The van der Waals surface area contributed by atoms with E-state index in [0.29, 0.717) is 0 Å². The lowest BCUT2D eigenvalue weighted by Crippen LogP contribution is -1.97. The third kappa shape index (κ3) is 1.56. The summed E-state index contributed by atoms with van der Waals surface area (Å²) in [5, 5.41) is 8.09. The highest BCUT2D eigenvalue weighted by Crippen LogP contribution is 2.23. The second-order valence-corrected chi connectivity index (χ2v) is 3.67. The van der Waals surface area contributed by atoms with E-state index in [1.807, 2.05) is 22.8 Å². The minimum Gasteiger partial charge on any atom is -0.314 e. The second-order valence-electron chi connectivity index (χ2n) is 3.67. The van der Waals surface area contributed by atoms with Gasteiger partial charge in [0.15, 0.2) is 5.82 Å². The Morgan fingerprint density at radius 2 is 2.06 bits per heavy atom. The van der Waals surface area contributed by atoms with E-state index in [2.05, 4.69) is 27.1 Å². The molecule has 0 aliphatic rings. The van der Waals surface area contributed by atoms with Crippen LogP contribution < -0.4 is 0 Å². The Morgan fingerprint density at radius 3 is 2.94 bits per heavy atom. The maximum atomic E-state index is 4.37. The SMILES string of the molecule is CCn1cnnc1-c1cccc2nccnc12. The van der Waals surface area contributed by atoms with Crippen LogP contribution in [0.5, 0.6) is 0 Å². The van der Waals surface area contributed by atoms with Crippen LogP contribution in [0.1, 0.15) is 6.92 Å². The molecule has 0 radical (unpaired) electrons. The van der Waals surface area contributed by atoms with E-state index in [9.17, 15) is 0 Å². The smallest absolute Gasteiger partial charge is 0.165 e. The van der Waals surface area contributed by atoms with Crippen molar-refractivity contribution in [2.24, 2.45) is 0 Å². The molecule has 0 spiro atoms. The van der Waals surface area contributed by atoms with Crippen LogP contribution in [0.25, 0.3) is 22.4 Å². The Labute approximate surface area is 98.2 Å². The van der Waals surface area contributed by atoms with Crippen LogP contribution in [0.4, 0.5) is 0 Å². The van der Waals surface area contributed by atoms with E-state index in [4.69, 9.17) is 0 Å². The lowest BCUT2D eigenvalue weighted by molar-refractivity contribution is 0.767. The topological polar surface area (TPSA) is 56.5 Å². The maximum absolute atomic E-state index is 4.37. The molecular weight excluding hydrogens is 214 g/mol. The van der Waals surface area contributed by atoms with Gasteiger partial charge in [-0.2, -0.15) is 0 Å². The fourth-order valence-electron chi connectivity index (χ4n) is 1.87. The molecule has 5 heteroatoms. The molecule has 2 aromatic heterocycles. The summed E-state index contributed by atoms with van der Waals surface area (Å²) in [6.07, 6.45) is 5.11. The number of aryl methyl sites for hydroxylation is 1. The molecule has 0 saturated heterocycles. The molecule has 0 aliphatic carbocycles. The zero-order chi connectivity index (χ0) is 11.7. The number of fused-ring (bicyclic) bond motifs is 1. The van der Waals surface area contributed by atoms with Crippen LogP contribution in [0.15, 0.2) is 36.9 Å². The molecular formula is C12H11N5. The van der Waals surface area contributed by atoms with E-state index >= 15 is 0 Å². The molecule has 5 nitrogen and oxygen atoms in total. The predicted molar refractivity (Wildman–Crippen MR) is 64.2 cm³/mol. The van der Waals surface area contributed by atoms with Gasteiger partial charge in [0.05, 0.1) is 11.0 Å². The fraction of sp³-hybridized carbons (Fsp3) is 0.167. The molecule has 3 rings (SSSR count). The Bertz CT molecular complexity index is 653. The largest absolute Gasteiger partial charge is 0.314 e. The number of rotatable bonds is 2. The zero-order valence-corrected chi connectivity index (χ0v) is 9.41. The molecule has 0 saturated carbocycles. The van der Waals surface area contributed by atoms with Gasteiger partial charge in [0.25, 0.3) is 0 Å². The Balaban J connectivity index is 2.31. The summed E-state index contributed by atoms with van der Waals surface area (Å²) in [5.74, 6) is 0.832. The Kier molecular flexibility index (Phi) is 2.29. The van der Waals surface area contributed by atoms with Crippen LogP contribution in [0, 0.1) is 0 Å². The molecule has 0 aliphatic heterocycles. The summed E-state index contributed by atoms with van der Waals surface area (Å²) in [6.45, 7) is 2.89. The standard InChI is InChI=1S/C12H11N5/c1-2-17-8-15-16-12(17)9-4-3-5-10-11(9)14-7-6-13-10/h3-8H,2H2,1H3. The van der Waals surface area contributed by atoms with Crippen molar-refractivity contribution in [2.75, 3.05) is 0 Å². The molecule has 3 aromatic rings. The average molecular weight is 225 g/mol. The van der Waals surface area contributed by atoms with E-state index < -0.39 is 0 Å². The molecule has 0 bridgehead atoms. The van der Waals surface area contributed by atoms with E-state index in [1.54, 1.807) is 18.7 Å². The summed E-state index contributed by atoms with van der Waals surface area (Å²) in [6, 6.07) is 5.90. The van der Waals surface area contributed by atoms with Crippen molar-refractivity contribution in [2.45, 2.75) is 13.5 Å². The van der Waals surface area contributed by atoms with Crippen molar-refractivity contribution in [1.82, 2.24) is 24.7 Å². The molecule has 84 valence electrons. The van der Waals surface area contributed by atoms with Gasteiger partial charge in [-0.05, 0) is 19.1 Å². The van der Waals surface area contributed by atoms with Gasteiger partial charge in [0.2, 0.25) is 0 Å². The van der Waals surface area contributed by atoms with Crippen molar-refractivity contribution < 1.29 is 0 Å². The fourth-order valence-corrected chi connectivity index (χ4v) is 1.87. The van der Waals surface area contributed by atoms with Gasteiger partial charge in [-0.15, -0.1) is 10.2 Å². The molecule has 0 amide bonds. The van der Waals surface area contributed by atoms with E-state index in [0.717, 1.165) is 29.0 Å². The van der Waals surface area contributed by atoms with Crippen molar-refractivity contribution >= 4 is 11.0 Å². The molecule has 0 fully saturated rings. The van der Waals surface area contributed by atoms with Gasteiger partial charge in [0.1, 0.15) is 6.33 Å². The molecule has 0 N–H and O–H groups in total. The zero-order valence-electron chi connectivity index (χ0n) is 9.41. The maximum Gasteiger partial charge on any atom is 0.165 e. The first-order valence-electron chi connectivity index (χ1n) is 5.48. The van der Waals surface area contributed by atoms with Gasteiger partial charge in [-0.25, -0.2) is 0 Å². The number of hydrogen-bond acceptors (Lipinski definition) is 4. The lowest BCUT2D eigenvalue weighted by atomic mass is 10.1. The number of nitrogens with zero attached hydrogens (tertiary/aromatic N) is 5. The van der Waals surface area contributed by atoms with Crippen LogP contribution >= 0.6 is 0 Å². The second kappa shape index (κ2) is 3.93. The van der Waals surface area contributed by atoms with Gasteiger partial charge < -0.3 is 4.57 Å². The predicted octanol–water partition coefficient (Wildman–Crippen LogP) is 1.91. The van der Waals surface area contributed by atoms with Crippen molar-refractivity contribution in [3.05, 3.63) is 36.9 Å². The first-order chi connectivity index (χ1) is 8.40. The number of aromatic nitrogens is 5. The summed E-state index contributed by atoms with van der Waals surface area (Å²) >= 11 is 0. The highest BCUT2D eigenvalue weighted by Gasteiger charge is 2.10. The third-order valence-corrected chi connectivity index (χ3v) is 2.70. The molecule has 1 aromatic carbocycles. The average Bonchev–Trinajstić information content (AvgIpc) is 2.86. The van der Waals surface area contributed by atoms with Crippen LogP contribution in [-0.4, -0.2) is 24.7 Å². The first kappa shape index (κ1) is 9.89. The summed E-state index contributed by atoms with van der Waals surface area (Å²) in [5.41, 5.74) is 2.70. The van der Waals surface area contributed by atoms with Gasteiger partial charge >= 0.3 is 0 Å². The number of benzene rings is 1. The van der Waals surface area contributed by atoms with Crippen LogP contribution in [0.3, 0.4) is 0 Å². The third-order valence-electron chi connectivity index (χ3n) is 2.70. The molecule has 2 heterocycles. The first-order valence-corrected chi connectivity index (χ1v) is 5.48. The van der Waals surface area contributed by atoms with Crippen molar-refractivity contribution in [3.8, 4) is 11.4 Å². The Morgan fingerprint density at radius 1 is 1.18 bits per heavy atom. The van der Waals surface area contributed by atoms with Crippen molar-refractivity contribution in [3.63, 3.8) is 0 Å². The minimum atomic E-state index is 0.832. The van der Waals surface area contributed by atoms with E-state index in [1.165, 1.54) is 0 Å².